The number of hydrogen-bond donors (Lipinski definition) is 1. The Hall–Kier alpha value is -2.93. The summed E-state index contributed by atoms with van der Waals surface area (Å²) in [6.07, 6.45) is 0. The SMILES string of the molecule is C[C@@]1(c2ccccc2Cl)NC(=O)N(Cc2ccc([N+](=O)[O-])cc2)C1=O. The predicted molar refractivity (Wildman–Crippen MR) is 91.0 cm³/mol. The van der Waals surface area contributed by atoms with E-state index in [9.17, 15) is 19.7 Å². The average molecular weight is 360 g/mol. The number of nitrogens with one attached hydrogen (secondary N) is 1. The molecule has 0 aliphatic carbocycles. The molecule has 0 unspecified atom stereocenters. The fraction of sp³-hybridized carbons (Fsp3) is 0.176. The Labute approximate surface area is 148 Å². The molecule has 0 aromatic heterocycles. The Morgan fingerprint density at radius 3 is 2.40 bits per heavy atom. The van der Waals surface area contributed by atoms with Gasteiger partial charge in [0.25, 0.3) is 11.6 Å². The third-order valence-corrected chi connectivity index (χ3v) is 4.50. The number of benzene rings is 2. The van der Waals surface area contributed by atoms with E-state index in [1.165, 1.54) is 24.3 Å². The van der Waals surface area contributed by atoms with Gasteiger partial charge in [0.2, 0.25) is 0 Å². The third kappa shape index (κ3) is 2.94. The van der Waals surface area contributed by atoms with Crippen LogP contribution in [0.4, 0.5) is 10.5 Å². The third-order valence-electron chi connectivity index (χ3n) is 4.18. The van der Waals surface area contributed by atoms with Crippen LogP contribution in [0.15, 0.2) is 48.5 Å². The van der Waals surface area contributed by atoms with E-state index in [0.717, 1.165) is 4.90 Å². The summed E-state index contributed by atoms with van der Waals surface area (Å²) in [5, 5.41) is 13.8. The van der Waals surface area contributed by atoms with Crippen molar-refractivity contribution in [3.63, 3.8) is 0 Å². The molecule has 1 fully saturated rings. The van der Waals surface area contributed by atoms with Gasteiger partial charge in [0, 0.05) is 22.7 Å². The Balaban J connectivity index is 1.87. The van der Waals surface area contributed by atoms with Crippen molar-refractivity contribution in [3.8, 4) is 0 Å². The number of hydrogen-bond acceptors (Lipinski definition) is 4. The van der Waals surface area contributed by atoms with Crippen LogP contribution in [0.2, 0.25) is 5.02 Å². The zero-order valence-corrected chi connectivity index (χ0v) is 14.0. The normalized spacial score (nSPS) is 19.8. The number of nitro benzene ring substituents is 1. The van der Waals surface area contributed by atoms with E-state index in [2.05, 4.69) is 5.32 Å². The summed E-state index contributed by atoms with van der Waals surface area (Å²) in [6, 6.07) is 12.0. The van der Waals surface area contributed by atoms with Crippen molar-refractivity contribution in [2.45, 2.75) is 19.0 Å². The molecule has 1 saturated heterocycles. The molecular formula is C17H14ClN3O4. The number of nitrogens with zero attached hydrogens (tertiary/aromatic N) is 2. The van der Waals surface area contributed by atoms with E-state index < -0.39 is 22.4 Å². The topological polar surface area (TPSA) is 92.6 Å². The Morgan fingerprint density at radius 1 is 1.16 bits per heavy atom. The average Bonchev–Trinajstić information content (AvgIpc) is 2.80. The van der Waals surface area contributed by atoms with Crippen LogP contribution in [0.5, 0.6) is 0 Å². The highest BCUT2D eigenvalue weighted by Crippen LogP contribution is 2.34. The van der Waals surface area contributed by atoms with Crippen LogP contribution in [-0.4, -0.2) is 21.8 Å². The number of imide groups is 1. The van der Waals surface area contributed by atoms with E-state index in [4.69, 9.17) is 11.6 Å². The first-order valence-corrected chi connectivity index (χ1v) is 7.83. The first-order chi connectivity index (χ1) is 11.8. The molecule has 3 rings (SSSR count). The summed E-state index contributed by atoms with van der Waals surface area (Å²) < 4.78 is 0. The van der Waals surface area contributed by atoms with Crippen LogP contribution in [0, 0.1) is 10.1 Å². The minimum absolute atomic E-state index is 0.0166. The lowest BCUT2D eigenvalue weighted by Crippen LogP contribution is -2.41. The second kappa shape index (κ2) is 6.18. The van der Waals surface area contributed by atoms with Gasteiger partial charge in [-0.25, -0.2) is 4.79 Å². The number of urea groups is 1. The standard InChI is InChI=1S/C17H14ClN3O4/c1-17(13-4-2-3-5-14(13)18)15(22)20(16(23)19-17)10-11-6-8-12(9-7-11)21(24)25/h2-9H,10H2,1H3,(H,19,23)/t17-/m0/s1. The van der Waals surface area contributed by atoms with E-state index in [0.29, 0.717) is 16.1 Å². The first kappa shape index (κ1) is 16.9. The molecule has 3 amide bonds. The predicted octanol–water partition coefficient (Wildman–Crippen LogP) is 3.22. The van der Waals surface area contributed by atoms with Crippen molar-refractivity contribution in [2.75, 3.05) is 0 Å². The van der Waals surface area contributed by atoms with Crippen molar-refractivity contribution in [1.29, 1.82) is 0 Å². The molecular weight excluding hydrogens is 346 g/mol. The van der Waals surface area contributed by atoms with Crippen molar-refractivity contribution < 1.29 is 14.5 Å². The number of rotatable bonds is 4. The molecule has 1 aliphatic rings. The Bertz CT molecular complexity index is 868. The molecule has 0 radical (unpaired) electrons. The number of carbonyl (C=O) groups excluding carboxylic acids is 2. The zero-order chi connectivity index (χ0) is 18.2. The quantitative estimate of drug-likeness (QED) is 0.515. The summed E-state index contributed by atoms with van der Waals surface area (Å²) in [5.74, 6) is -0.427. The molecule has 8 heteroatoms. The number of carbonyl (C=O) groups is 2. The molecule has 0 bridgehead atoms. The van der Waals surface area contributed by atoms with E-state index in [-0.39, 0.29) is 12.2 Å². The number of halogens is 1. The second-order valence-electron chi connectivity index (χ2n) is 5.85. The molecule has 7 nitrogen and oxygen atoms in total. The minimum atomic E-state index is -1.25. The van der Waals surface area contributed by atoms with Crippen LogP contribution in [-0.2, 0) is 16.9 Å². The van der Waals surface area contributed by atoms with Crippen LogP contribution in [0.25, 0.3) is 0 Å². The highest BCUT2D eigenvalue weighted by atomic mass is 35.5. The maximum Gasteiger partial charge on any atom is 0.325 e. The lowest BCUT2D eigenvalue weighted by atomic mass is 9.92. The van der Waals surface area contributed by atoms with Gasteiger partial charge in [-0.2, -0.15) is 0 Å². The maximum absolute atomic E-state index is 12.8. The van der Waals surface area contributed by atoms with Gasteiger partial charge in [-0.15, -0.1) is 0 Å². The Morgan fingerprint density at radius 2 is 1.80 bits per heavy atom. The van der Waals surface area contributed by atoms with Gasteiger partial charge in [0.1, 0.15) is 5.54 Å². The molecule has 0 saturated carbocycles. The Kier molecular flexibility index (Phi) is 4.18. The highest BCUT2D eigenvalue weighted by Gasteiger charge is 2.49. The summed E-state index contributed by atoms with van der Waals surface area (Å²) in [7, 11) is 0. The molecule has 0 spiro atoms. The van der Waals surface area contributed by atoms with Gasteiger partial charge >= 0.3 is 6.03 Å². The highest BCUT2D eigenvalue weighted by molar-refractivity contribution is 6.32. The number of nitro groups is 1. The van der Waals surface area contributed by atoms with E-state index in [1.54, 1.807) is 31.2 Å². The molecule has 1 aliphatic heterocycles. The molecule has 2 aromatic rings. The molecule has 1 N–H and O–H groups in total. The maximum atomic E-state index is 12.8. The van der Waals surface area contributed by atoms with E-state index >= 15 is 0 Å². The fourth-order valence-corrected chi connectivity index (χ4v) is 3.12. The van der Waals surface area contributed by atoms with Gasteiger partial charge in [-0.05, 0) is 18.6 Å². The zero-order valence-electron chi connectivity index (χ0n) is 13.2. The molecule has 128 valence electrons. The van der Waals surface area contributed by atoms with Crippen molar-refractivity contribution in [2.24, 2.45) is 0 Å². The molecule has 2 aromatic carbocycles. The van der Waals surface area contributed by atoms with Gasteiger partial charge in [-0.3, -0.25) is 19.8 Å². The summed E-state index contributed by atoms with van der Waals surface area (Å²) in [4.78, 5) is 36.4. The van der Waals surface area contributed by atoms with Gasteiger partial charge in [-0.1, -0.05) is 41.9 Å². The smallest absolute Gasteiger partial charge is 0.319 e. The van der Waals surface area contributed by atoms with Gasteiger partial charge in [0.05, 0.1) is 11.5 Å². The van der Waals surface area contributed by atoms with Gasteiger partial charge in [0.15, 0.2) is 0 Å². The second-order valence-corrected chi connectivity index (χ2v) is 6.26. The van der Waals surface area contributed by atoms with Crippen LogP contribution in [0.1, 0.15) is 18.1 Å². The monoisotopic (exact) mass is 359 g/mol. The largest absolute Gasteiger partial charge is 0.325 e. The molecule has 1 heterocycles. The minimum Gasteiger partial charge on any atom is -0.319 e. The number of amides is 3. The summed E-state index contributed by atoms with van der Waals surface area (Å²) in [6.45, 7) is 1.62. The van der Waals surface area contributed by atoms with Crippen molar-refractivity contribution in [3.05, 3.63) is 74.8 Å². The lowest BCUT2D eigenvalue weighted by molar-refractivity contribution is -0.384. The first-order valence-electron chi connectivity index (χ1n) is 7.45. The summed E-state index contributed by atoms with van der Waals surface area (Å²) in [5.41, 5.74) is -0.184. The van der Waals surface area contributed by atoms with E-state index in [1.807, 2.05) is 0 Å². The molecule has 1 atom stereocenters. The van der Waals surface area contributed by atoms with Crippen molar-refractivity contribution in [1.82, 2.24) is 10.2 Å². The summed E-state index contributed by atoms with van der Waals surface area (Å²) >= 11 is 6.18. The number of non-ortho nitro benzene ring substituents is 1. The van der Waals surface area contributed by atoms with Gasteiger partial charge < -0.3 is 5.32 Å². The van der Waals surface area contributed by atoms with Crippen molar-refractivity contribution >= 4 is 29.2 Å². The van der Waals surface area contributed by atoms with Crippen LogP contribution < -0.4 is 5.32 Å². The fourth-order valence-electron chi connectivity index (χ4n) is 2.80. The lowest BCUT2D eigenvalue weighted by Gasteiger charge is -2.23. The molecule has 25 heavy (non-hydrogen) atoms. The van der Waals surface area contributed by atoms with Crippen LogP contribution in [0.3, 0.4) is 0 Å². The van der Waals surface area contributed by atoms with Crippen LogP contribution >= 0.6 is 11.6 Å².